The summed E-state index contributed by atoms with van der Waals surface area (Å²) in [5.41, 5.74) is 5.66. The Morgan fingerprint density at radius 3 is 2.88 bits per heavy atom. The molecule has 0 radical (unpaired) electrons. The van der Waals surface area contributed by atoms with E-state index in [4.69, 9.17) is 5.73 Å². The number of rotatable bonds is 3. The van der Waals surface area contributed by atoms with Gasteiger partial charge in [0, 0.05) is 12.5 Å². The summed E-state index contributed by atoms with van der Waals surface area (Å²) in [5, 5.41) is 5.64. The first-order chi connectivity index (χ1) is 8.22. The lowest BCUT2D eigenvalue weighted by atomic mass is 9.94. The van der Waals surface area contributed by atoms with Crippen LogP contribution in [0.2, 0.25) is 0 Å². The first kappa shape index (κ1) is 12.4. The second-order valence-corrected chi connectivity index (χ2v) is 5.03. The number of nitrogens with one attached hydrogen (secondary N) is 2. The zero-order valence-corrected chi connectivity index (χ0v) is 10.1. The van der Waals surface area contributed by atoms with Crippen molar-refractivity contribution in [2.45, 2.75) is 38.1 Å². The fourth-order valence-electron chi connectivity index (χ4n) is 2.85. The van der Waals surface area contributed by atoms with Gasteiger partial charge in [0.1, 0.15) is 6.04 Å². The van der Waals surface area contributed by atoms with Crippen molar-refractivity contribution in [2.75, 3.05) is 13.1 Å². The van der Waals surface area contributed by atoms with Crippen molar-refractivity contribution in [1.82, 2.24) is 10.6 Å². The van der Waals surface area contributed by atoms with E-state index in [9.17, 15) is 9.59 Å². The summed E-state index contributed by atoms with van der Waals surface area (Å²) in [7, 11) is 0. The molecule has 96 valence electrons. The molecule has 1 saturated carbocycles. The van der Waals surface area contributed by atoms with E-state index in [1.807, 2.05) is 0 Å². The average Bonchev–Trinajstić information content (AvgIpc) is 2.80. The normalized spacial score (nSPS) is 33.2. The highest BCUT2D eigenvalue weighted by molar-refractivity contribution is 5.89. The third-order valence-corrected chi connectivity index (χ3v) is 3.90. The molecule has 17 heavy (non-hydrogen) atoms. The van der Waals surface area contributed by atoms with Gasteiger partial charge in [-0.1, -0.05) is 6.42 Å². The molecule has 0 bridgehead atoms. The van der Waals surface area contributed by atoms with Gasteiger partial charge in [-0.2, -0.15) is 0 Å². The molecule has 5 heteroatoms. The Bertz CT molecular complexity index is 306. The highest BCUT2D eigenvalue weighted by Crippen LogP contribution is 2.31. The topological polar surface area (TPSA) is 84.2 Å². The van der Waals surface area contributed by atoms with Crippen LogP contribution in [-0.2, 0) is 9.59 Å². The van der Waals surface area contributed by atoms with Crippen molar-refractivity contribution < 1.29 is 9.59 Å². The summed E-state index contributed by atoms with van der Waals surface area (Å²) in [4.78, 5) is 23.6. The number of piperidine rings is 1. The summed E-state index contributed by atoms with van der Waals surface area (Å²) in [5.74, 6) is 0.267. The number of carbonyl (C=O) groups is 2. The molecular formula is C12H21N3O2. The van der Waals surface area contributed by atoms with Gasteiger partial charge in [-0.3, -0.25) is 9.59 Å². The van der Waals surface area contributed by atoms with E-state index in [0.29, 0.717) is 12.5 Å². The van der Waals surface area contributed by atoms with E-state index in [1.54, 1.807) is 0 Å². The van der Waals surface area contributed by atoms with Crippen molar-refractivity contribution in [3.8, 4) is 0 Å². The Hall–Kier alpha value is -1.10. The van der Waals surface area contributed by atoms with Crippen molar-refractivity contribution in [1.29, 1.82) is 0 Å². The van der Waals surface area contributed by atoms with Gasteiger partial charge in [0.05, 0.1) is 0 Å². The van der Waals surface area contributed by atoms with Crippen LogP contribution in [0.5, 0.6) is 0 Å². The van der Waals surface area contributed by atoms with Gasteiger partial charge < -0.3 is 16.4 Å². The Balaban J connectivity index is 1.89. The zero-order valence-electron chi connectivity index (χ0n) is 10.1. The average molecular weight is 239 g/mol. The molecule has 4 N–H and O–H groups in total. The molecule has 2 rings (SSSR count). The van der Waals surface area contributed by atoms with Crippen LogP contribution >= 0.6 is 0 Å². The van der Waals surface area contributed by atoms with Crippen molar-refractivity contribution in [3.63, 3.8) is 0 Å². The maximum Gasteiger partial charge on any atom is 0.242 e. The van der Waals surface area contributed by atoms with Crippen LogP contribution in [0.25, 0.3) is 0 Å². The molecule has 0 aromatic carbocycles. The van der Waals surface area contributed by atoms with E-state index in [0.717, 1.165) is 38.6 Å². The molecule has 0 aromatic heterocycles. The second-order valence-electron chi connectivity index (χ2n) is 5.03. The Kier molecular flexibility index (Phi) is 3.99. The smallest absolute Gasteiger partial charge is 0.242 e. The predicted octanol–water partition coefficient (Wildman–Crippen LogP) is -0.244. The number of carbonyl (C=O) groups excluding carboxylic acids is 2. The predicted molar refractivity (Wildman–Crippen MR) is 64.1 cm³/mol. The zero-order chi connectivity index (χ0) is 12.3. The Morgan fingerprint density at radius 2 is 2.18 bits per heavy atom. The fourth-order valence-corrected chi connectivity index (χ4v) is 2.85. The lowest BCUT2D eigenvalue weighted by Gasteiger charge is -2.25. The minimum atomic E-state index is -0.338. The number of amides is 2. The molecule has 5 nitrogen and oxygen atoms in total. The van der Waals surface area contributed by atoms with Crippen LogP contribution in [0, 0.1) is 11.8 Å². The van der Waals surface area contributed by atoms with Crippen LogP contribution in [0.4, 0.5) is 0 Å². The van der Waals surface area contributed by atoms with E-state index in [-0.39, 0.29) is 23.8 Å². The highest BCUT2D eigenvalue weighted by Gasteiger charge is 2.34. The Labute approximate surface area is 102 Å². The van der Waals surface area contributed by atoms with Gasteiger partial charge in [0.15, 0.2) is 0 Å². The van der Waals surface area contributed by atoms with E-state index >= 15 is 0 Å². The summed E-state index contributed by atoms with van der Waals surface area (Å²) in [6.07, 6.45) is 4.68. The third kappa shape index (κ3) is 2.77. The van der Waals surface area contributed by atoms with Gasteiger partial charge in [-0.15, -0.1) is 0 Å². The second kappa shape index (κ2) is 5.49. The molecule has 3 unspecified atom stereocenters. The van der Waals surface area contributed by atoms with Gasteiger partial charge >= 0.3 is 0 Å². The quantitative estimate of drug-likeness (QED) is 0.635. The summed E-state index contributed by atoms with van der Waals surface area (Å²) in [6, 6.07) is -0.338. The van der Waals surface area contributed by atoms with Crippen LogP contribution in [0.3, 0.4) is 0 Å². The van der Waals surface area contributed by atoms with Crippen LogP contribution in [-0.4, -0.2) is 30.9 Å². The lowest BCUT2D eigenvalue weighted by Crippen LogP contribution is -2.52. The summed E-state index contributed by atoms with van der Waals surface area (Å²) >= 11 is 0. The molecule has 2 fully saturated rings. The molecule has 1 saturated heterocycles. The lowest BCUT2D eigenvalue weighted by molar-refractivity contribution is -0.132. The van der Waals surface area contributed by atoms with E-state index in [2.05, 4.69) is 10.6 Å². The van der Waals surface area contributed by atoms with Crippen LogP contribution in [0.1, 0.15) is 32.1 Å². The molecule has 2 aliphatic rings. The molecule has 1 aliphatic carbocycles. The van der Waals surface area contributed by atoms with Crippen molar-refractivity contribution in [2.24, 2.45) is 17.6 Å². The first-order valence-corrected chi connectivity index (χ1v) is 6.50. The molecular weight excluding hydrogens is 218 g/mol. The monoisotopic (exact) mass is 239 g/mol. The molecule has 0 aromatic rings. The number of nitrogens with two attached hydrogens (primary N) is 1. The minimum Gasteiger partial charge on any atom is -0.354 e. The maximum absolute atomic E-state index is 12.1. The molecule has 0 spiro atoms. The molecule has 1 heterocycles. The minimum absolute atomic E-state index is 0.00901. The number of hydrogen-bond donors (Lipinski definition) is 3. The molecule has 1 aliphatic heterocycles. The SMILES string of the molecule is NCC1CCCC1C(=O)NC1CCCNC1=O. The van der Waals surface area contributed by atoms with Crippen molar-refractivity contribution >= 4 is 11.8 Å². The maximum atomic E-state index is 12.1. The molecule has 3 atom stereocenters. The highest BCUT2D eigenvalue weighted by atomic mass is 16.2. The van der Waals surface area contributed by atoms with Crippen LogP contribution < -0.4 is 16.4 Å². The fraction of sp³-hybridized carbons (Fsp3) is 0.833. The van der Waals surface area contributed by atoms with Gasteiger partial charge in [0.25, 0.3) is 0 Å². The molecule has 2 amide bonds. The number of hydrogen-bond acceptors (Lipinski definition) is 3. The van der Waals surface area contributed by atoms with E-state index in [1.165, 1.54) is 0 Å². The van der Waals surface area contributed by atoms with Gasteiger partial charge in [0.2, 0.25) is 11.8 Å². The van der Waals surface area contributed by atoms with Crippen molar-refractivity contribution in [3.05, 3.63) is 0 Å². The Morgan fingerprint density at radius 1 is 1.35 bits per heavy atom. The summed E-state index contributed by atoms with van der Waals surface area (Å²) in [6.45, 7) is 1.29. The van der Waals surface area contributed by atoms with E-state index < -0.39 is 0 Å². The third-order valence-electron chi connectivity index (χ3n) is 3.90. The first-order valence-electron chi connectivity index (χ1n) is 6.50. The van der Waals surface area contributed by atoms with Gasteiger partial charge in [-0.05, 0) is 38.1 Å². The van der Waals surface area contributed by atoms with Gasteiger partial charge in [-0.25, -0.2) is 0 Å². The van der Waals surface area contributed by atoms with Crippen LogP contribution in [0.15, 0.2) is 0 Å². The summed E-state index contributed by atoms with van der Waals surface area (Å²) < 4.78 is 0. The standard InChI is InChI=1S/C12H21N3O2/c13-7-8-3-1-4-9(8)11(16)15-10-5-2-6-14-12(10)17/h8-10H,1-7,13H2,(H,14,17)(H,15,16). The largest absolute Gasteiger partial charge is 0.354 e.